The number of hydrogen-bond donors (Lipinski definition) is 0. The van der Waals surface area contributed by atoms with E-state index in [1.54, 1.807) is 0 Å². The van der Waals surface area contributed by atoms with Crippen LogP contribution < -0.4 is 0 Å². The first-order chi connectivity index (χ1) is 13.3. The summed E-state index contributed by atoms with van der Waals surface area (Å²) in [6.07, 6.45) is 5.67. The van der Waals surface area contributed by atoms with E-state index in [1.165, 1.54) is 19.3 Å². The summed E-state index contributed by atoms with van der Waals surface area (Å²) in [5, 5.41) is 9.31. The highest BCUT2D eigenvalue weighted by Crippen LogP contribution is 2.26. The van der Waals surface area contributed by atoms with Gasteiger partial charge in [0.2, 0.25) is 0 Å². The van der Waals surface area contributed by atoms with Crippen LogP contribution in [0.3, 0.4) is 0 Å². The van der Waals surface area contributed by atoms with E-state index in [1.807, 2.05) is 42.5 Å². The van der Waals surface area contributed by atoms with Crippen molar-refractivity contribution in [2.45, 2.75) is 45.6 Å². The van der Waals surface area contributed by atoms with Crippen molar-refractivity contribution in [2.24, 2.45) is 4.99 Å². The van der Waals surface area contributed by atoms with Crippen LogP contribution in [-0.4, -0.2) is 25.5 Å². The van der Waals surface area contributed by atoms with E-state index in [4.69, 9.17) is 16.6 Å². The minimum Gasteiger partial charge on any atom is -0.279 e. The fraction of sp³-hybridized carbons (Fsp3) is 0.333. The van der Waals surface area contributed by atoms with Gasteiger partial charge in [-0.15, -0.1) is 10.2 Å². The third-order valence-electron chi connectivity index (χ3n) is 4.78. The molecule has 0 bridgehead atoms. The van der Waals surface area contributed by atoms with Crippen LogP contribution in [-0.2, 0) is 13.0 Å². The molecule has 0 aliphatic carbocycles. The molecule has 0 N–H and O–H groups in total. The summed E-state index contributed by atoms with van der Waals surface area (Å²) in [5.74, 6) is 1.81. The van der Waals surface area contributed by atoms with E-state index in [2.05, 4.69) is 26.7 Å². The smallest absolute Gasteiger partial charge is 0.159 e. The molecule has 3 heterocycles. The van der Waals surface area contributed by atoms with E-state index in [-0.39, 0.29) is 0 Å². The number of benzene rings is 1. The molecule has 0 unspecified atom stereocenters. The summed E-state index contributed by atoms with van der Waals surface area (Å²) in [6, 6.07) is 13.9. The van der Waals surface area contributed by atoms with Crippen molar-refractivity contribution in [3.8, 4) is 5.69 Å². The first-order valence-corrected chi connectivity index (χ1v) is 9.86. The molecular weight excluding hydrogens is 358 g/mol. The Kier molecular flexibility index (Phi) is 5.30. The first kappa shape index (κ1) is 17.9. The van der Waals surface area contributed by atoms with E-state index >= 15 is 0 Å². The number of unbranched alkanes of at least 4 members (excludes halogenated alkanes) is 3. The van der Waals surface area contributed by atoms with Crippen LogP contribution in [0.5, 0.6) is 0 Å². The number of nitrogens with zero attached hydrogens (tertiary/aromatic N) is 5. The summed E-state index contributed by atoms with van der Waals surface area (Å²) in [7, 11) is 0. The molecule has 0 amide bonds. The Labute approximate surface area is 164 Å². The molecule has 1 aliphatic heterocycles. The Bertz CT molecular complexity index is 962. The average molecular weight is 380 g/mol. The molecular formula is C21H22ClN5. The van der Waals surface area contributed by atoms with E-state index in [0.717, 1.165) is 47.1 Å². The van der Waals surface area contributed by atoms with Gasteiger partial charge in [0.1, 0.15) is 23.2 Å². The number of aryl methyl sites for hydroxylation is 1. The third kappa shape index (κ3) is 3.65. The van der Waals surface area contributed by atoms with Gasteiger partial charge < -0.3 is 0 Å². The van der Waals surface area contributed by atoms with Gasteiger partial charge in [-0.2, -0.15) is 0 Å². The standard InChI is InChI=1S/C21H22ClN5/c1-2-3-4-8-11-18-25-26-19-14-23-20(15-9-6-5-7-10-15)21-16(27(18)19)12-13-17(22)24-21/h5-7,9-10,12-13H,2-4,8,11,14H2,1H3. The molecule has 4 rings (SSSR count). The quantitative estimate of drug-likeness (QED) is 0.457. The van der Waals surface area contributed by atoms with Crippen molar-refractivity contribution in [1.82, 2.24) is 19.7 Å². The number of aromatic nitrogens is 4. The predicted octanol–water partition coefficient (Wildman–Crippen LogP) is 4.79. The molecule has 0 saturated carbocycles. The fourth-order valence-corrected chi connectivity index (χ4v) is 3.58. The Morgan fingerprint density at radius 1 is 1.00 bits per heavy atom. The van der Waals surface area contributed by atoms with E-state index < -0.39 is 0 Å². The molecule has 5 nitrogen and oxygen atoms in total. The van der Waals surface area contributed by atoms with Crippen LogP contribution in [0.1, 0.15) is 55.5 Å². The Balaban J connectivity index is 1.78. The highest BCUT2D eigenvalue weighted by Gasteiger charge is 2.24. The van der Waals surface area contributed by atoms with Crippen molar-refractivity contribution in [2.75, 3.05) is 0 Å². The van der Waals surface area contributed by atoms with Crippen LogP contribution in [0.25, 0.3) is 5.69 Å². The van der Waals surface area contributed by atoms with Crippen LogP contribution >= 0.6 is 11.6 Å². The monoisotopic (exact) mass is 379 g/mol. The largest absolute Gasteiger partial charge is 0.279 e. The normalized spacial score (nSPS) is 12.9. The van der Waals surface area contributed by atoms with Gasteiger partial charge in [-0.3, -0.25) is 9.56 Å². The van der Waals surface area contributed by atoms with Gasteiger partial charge in [0.25, 0.3) is 0 Å². The maximum absolute atomic E-state index is 6.24. The molecule has 3 aromatic rings. The summed E-state index contributed by atoms with van der Waals surface area (Å²) >= 11 is 6.24. The molecule has 1 aromatic carbocycles. The van der Waals surface area contributed by atoms with Crippen molar-refractivity contribution in [3.63, 3.8) is 0 Å². The van der Waals surface area contributed by atoms with Gasteiger partial charge >= 0.3 is 0 Å². The van der Waals surface area contributed by atoms with Crippen molar-refractivity contribution >= 4 is 17.3 Å². The SMILES string of the molecule is CCCCCCc1nnc2n1-c1ccc(Cl)nc1C(c1ccccc1)=NC2. The number of pyridine rings is 1. The molecule has 0 spiro atoms. The summed E-state index contributed by atoms with van der Waals surface area (Å²) in [4.78, 5) is 9.43. The van der Waals surface area contributed by atoms with Crippen LogP contribution in [0.4, 0.5) is 0 Å². The first-order valence-electron chi connectivity index (χ1n) is 9.48. The van der Waals surface area contributed by atoms with Gasteiger partial charge in [-0.25, -0.2) is 4.98 Å². The van der Waals surface area contributed by atoms with Crippen molar-refractivity contribution in [3.05, 3.63) is 70.5 Å². The topological polar surface area (TPSA) is 56.0 Å². The zero-order chi connectivity index (χ0) is 18.6. The maximum Gasteiger partial charge on any atom is 0.159 e. The molecule has 1 aliphatic rings. The number of hydrogen-bond acceptors (Lipinski definition) is 4. The van der Waals surface area contributed by atoms with Crippen LogP contribution in [0, 0.1) is 0 Å². The lowest BCUT2D eigenvalue weighted by Gasteiger charge is -2.13. The highest BCUT2D eigenvalue weighted by molar-refractivity contribution is 6.29. The zero-order valence-corrected chi connectivity index (χ0v) is 16.2. The Hall–Kier alpha value is -2.53. The zero-order valence-electron chi connectivity index (χ0n) is 15.4. The minimum atomic E-state index is 0.457. The second-order valence-electron chi connectivity index (χ2n) is 6.71. The van der Waals surface area contributed by atoms with E-state index in [0.29, 0.717) is 11.7 Å². The number of aliphatic imine (C=N–C) groups is 1. The van der Waals surface area contributed by atoms with Crippen molar-refractivity contribution in [1.29, 1.82) is 0 Å². The third-order valence-corrected chi connectivity index (χ3v) is 4.99. The molecule has 138 valence electrons. The molecule has 0 saturated heterocycles. The van der Waals surface area contributed by atoms with Crippen LogP contribution in [0.15, 0.2) is 47.5 Å². The lowest BCUT2D eigenvalue weighted by Crippen LogP contribution is -2.12. The van der Waals surface area contributed by atoms with Gasteiger partial charge in [0.15, 0.2) is 5.82 Å². The van der Waals surface area contributed by atoms with Gasteiger partial charge in [0.05, 0.1) is 11.4 Å². The molecule has 0 atom stereocenters. The van der Waals surface area contributed by atoms with Gasteiger partial charge in [0, 0.05) is 12.0 Å². The van der Waals surface area contributed by atoms with Gasteiger partial charge in [-0.05, 0) is 18.6 Å². The molecule has 0 radical (unpaired) electrons. The Morgan fingerprint density at radius 3 is 2.67 bits per heavy atom. The number of rotatable bonds is 6. The second kappa shape index (κ2) is 8.01. The second-order valence-corrected chi connectivity index (χ2v) is 7.10. The average Bonchev–Trinajstić information content (AvgIpc) is 3.01. The van der Waals surface area contributed by atoms with Crippen LogP contribution in [0.2, 0.25) is 5.15 Å². The predicted molar refractivity (Wildman–Crippen MR) is 108 cm³/mol. The lowest BCUT2D eigenvalue weighted by molar-refractivity contribution is 0.645. The van der Waals surface area contributed by atoms with Crippen molar-refractivity contribution < 1.29 is 0 Å². The number of fused-ring (bicyclic) bond motifs is 3. The summed E-state index contributed by atoms with van der Waals surface area (Å²) in [6.45, 7) is 2.69. The lowest BCUT2D eigenvalue weighted by atomic mass is 10.1. The summed E-state index contributed by atoms with van der Waals surface area (Å²) in [5.41, 5.74) is 3.60. The molecule has 27 heavy (non-hydrogen) atoms. The summed E-state index contributed by atoms with van der Waals surface area (Å²) < 4.78 is 2.12. The Morgan fingerprint density at radius 2 is 1.85 bits per heavy atom. The fourth-order valence-electron chi connectivity index (χ4n) is 3.44. The highest BCUT2D eigenvalue weighted by atomic mass is 35.5. The minimum absolute atomic E-state index is 0.457. The van der Waals surface area contributed by atoms with E-state index in [9.17, 15) is 0 Å². The molecule has 2 aromatic heterocycles. The molecule has 6 heteroatoms. The van der Waals surface area contributed by atoms with Gasteiger partial charge in [-0.1, -0.05) is 68.1 Å². The number of halogens is 1. The molecule has 0 fully saturated rings. The maximum atomic E-state index is 6.24.